The number of ether oxygens (including phenoxy) is 5. The molecule has 0 unspecified atom stereocenters. The van der Waals surface area contributed by atoms with Crippen LogP contribution in [0, 0.1) is 38.2 Å². The van der Waals surface area contributed by atoms with Crippen molar-refractivity contribution in [3.63, 3.8) is 0 Å². The van der Waals surface area contributed by atoms with E-state index < -0.39 is 23.4 Å². The van der Waals surface area contributed by atoms with Crippen LogP contribution in [0.4, 0.5) is 59.1 Å². The Labute approximate surface area is 607 Å². The number of anilines is 8. The molecule has 0 aliphatic carbocycles. The summed E-state index contributed by atoms with van der Waals surface area (Å²) in [7, 11) is 11.2. The molecule has 2 saturated heterocycles. The molecule has 0 spiro atoms. The number of aromatic amines is 3. The lowest BCUT2D eigenvalue weighted by Gasteiger charge is -2.29. The van der Waals surface area contributed by atoms with Gasteiger partial charge >= 0.3 is 0 Å². The average Bonchev–Trinajstić information content (AvgIpc) is 1.32. The fourth-order valence-corrected chi connectivity index (χ4v) is 11.7. The van der Waals surface area contributed by atoms with Crippen LogP contribution in [0.15, 0.2) is 146 Å². The van der Waals surface area contributed by atoms with Gasteiger partial charge in [-0.2, -0.15) is 0 Å². The normalized spacial score (nSPS) is 12.7. The highest BCUT2D eigenvalue weighted by atomic mass is 19.1. The summed E-state index contributed by atoms with van der Waals surface area (Å²) in [6.45, 7) is 11.6. The number of fused-ring (bicyclic) bond motifs is 3. The second-order valence-electron chi connectivity index (χ2n) is 25.3. The summed E-state index contributed by atoms with van der Waals surface area (Å²) in [4.78, 5) is 94.3. The van der Waals surface area contributed by atoms with Crippen molar-refractivity contribution >= 4 is 102 Å². The summed E-state index contributed by atoms with van der Waals surface area (Å²) in [5.41, 5.74) is 9.33. The molecular weight excluding hydrogens is 1370 g/mol. The van der Waals surface area contributed by atoms with E-state index in [4.69, 9.17) is 23.7 Å². The number of aryl methyl sites for hydroxylation is 3. The van der Waals surface area contributed by atoms with E-state index in [9.17, 15) is 19.2 Å². The third-order valence-electron chi connectivity index (χ3n) is 17.1. The summed E-state index contributed by atoms with van der Waals surface area (Å²) >= 11 is 0. The van der Waals surface area contributed by atoms with Crippen LogP contribution < -0.4 is 45.3 Å². The minimum Gasteiger partial charge on any atom is -0.435 e. The SMILES string of the molecule is CNC(=O)c1ccc(Nc2ncnc(Oc3ccc4[nH]c(C)cc4c3F)c2C(=O)N(C)C)cc1.Cc1cc2c(F)c(Oc3ncnc(Nc4ccc(N5CCOCC5)cc4)c3C(=O)N(C)C)ccc2[nH]1.Cc1cc2c(F)c(Oc3ncnc(Nc4cccc(N5CCOCC5)c4)c3C(=O)N(C)C)ccc2[nH]1. The maximum Gasteiger partial charge on any atom is 0.262 e. The molecule has 6 aromatic heterocycles. The Kier molecular flexibility index (Phi) is 22.2. The van der Waals surface area contributed by atoms with Crippen LogP contribution in [0.2, 0.25) is 0 Å². The van der Waals surface area contributed by atoms with Gasteiger partial charge in [-0.1, -0.05) is 6.07 Å². The van der Waals surface area contributed by atoms with Gasteiger partial charge in [-0.15, -0.1) is 0 Å². The number of morpholine rings is 2. The van der Waals surface area contributed by atoms with Crippen LogP contribution in [-0.4, -0.2) is 185 Å². The molecule has 2 aliphatic rings. The molecule has 6 aromatic carbocycles. The summed E-state index contributed by atoms with van der Waals surface area (Å²) in [6, 6.07) is 37.0. The van der Waals surface area contributed by atoms with Gasteiger partial charge in [-0.3, -0.25) is 19.2 Å². The van der Waals surface area contributed by atoms with E-state index in [0.29, 0.717) is 70.4 Å². The Morgan fingerprint density at radius 1 is 0.434 bits per heavy atom. The first kappa shape index (κ1) is 72.9. The first-order chi connectivity index (χ1) is 51.1. The number of carbonyl (C=O) groups is 4. The number of nitrogens with one attached hydrogen (secondary N) is 7. The molecule has 30 heteroatoms. The number of H-pyrrole nitrogens is 3. The van der Waals surface area contributed by atoms with Crippen molar-refractivity contribution in [3.8, 4) is 34.9 Å². The van der Waals surface area contributed by atoms with E-state index in [1.54, 1.807) is 110 Å². The van der Waals surface area contributed by atoms with E-state index in [0.717, 1.165) is 66.0 Å². The lowest BCUT2D eigenvalue weighted by Crippen LogP contribution is -2.36. The van der Waals surface area contributed by atoms with E-state index in [2.05, 4.69) is 75.9 Å². The number of hydrogen-bond acceptors (Lipinski definition) is 20. The van der Waals surface area contributed by atoms with Gasteiger partial charge in [0.2, 0.25) is 17.6 Å². The Hall–Kier alpha value is -12.8. The smallest absolute Gasteiger partial charge is 0.262 e. The summed E-state index contributed by atoms with van der Waals surface area (Å²) in [5, 5.41) is 13.2. The molecule has 2 fully saturated rings. The van der Waals surface area contributed by atoms with Crippen molar-refractivity contribution in [2.75, 3.05) is 128 Å². The number of benzene rings is 6. The first-order valence-corrected chi connectivity index (χ1v) is 33.6. The van der Waals surface area contributed by atoms with Crippen LogP contribution in [0.25, 0.3) is 32.7 Å². The standard InChI is InChI=1S/2C26H27FN6O3.C24H23FN6O3/c1-16-14-19-20(30-16)8-9-21(23(19)27)36-25-22(26(34)32(2)3)24(28-15-29-25)31-17-4-6-18(7-5-17)33-10-12-35-13-11-33;1-16-13-19-20(30-16)7-8-21(23(19)27)36-25-22(26(34)32(2)3)24(28-15-29-25)31-17-5-4-6-18(14-17)33-9-11-35-12-10-33;1-13-11-16-17(29-13)9-10-18(20(16)25)34-23-19(24(33)31(3)4)21(27-12-28-23)30-15-7-5-14(6-8-15)22(32)26-2/h4-9,14-15,30H,10-13H2,1-3H3,(H,28,29,31);4-8,13-15,30H,9-12H2,1-3H3,(H,28,29,31);5-12,29H,1-4H3,(H,26,32)(H,27,28,30). The quantitative estimate of drug-likeness (QED) is 0.0420. The highest BCUT2D eigenvalue weighted by Crippen LogP contribution is 2.39. The van der Waals surface area contributed by atoms with Crippen LogP contribution in [-0.2, 0) is 9.47 Å². The van der Waals surface area contributed by atoms with Gasteiger partial charge in [0.15, 0.2) is 52.2 Å². The van der Waals surface area contributed by atoms with Gasteiger partial charge < -0.3 is 84.4 Å². The van der Waals surface area contributed by atoms with Crippen molar-refractivity contribution in [3.05, 3.63) is 203 Å². The lowest BCUT2D eigenvalue weighted by molar-refractivity contribution is 0.0817. The zero-order chi connectivity index (χ0) is 74.9. The molecule has 0 atom stereocenters. The number of carbonyl (C=O) groups excluding carboxylic acids is 4. The zero-order valence-corrected chi connectivity index (χ0v) is 59.7. The largest absolute Gasteiger partial charge is 0.435 e. The molecule has 0 saturated carbocycles. The van der Waals surface area contributed by atoms with Crippen molar-refractivity contribution in [1.82, 2.24) is 64.9 Å². The summed E-state index contributed by atoms with van der Waals surface area (Å²) in [6.07, 6.45) is 3.79. The van der Waals surface area contributed by atoms with Crippen LogP contribution in [0.1, 0.15) is 58.5 Å². The lowest BCUT2D eigenvalue weighted by atomic mass is 10.2. The zero-order valence-electron chi connectivity index (χ0n) is 59.7. The number of nitrogens with zero attached hydrogens (tertiary/aromatic N) is 11. The van der Waals surface area contributed by atoms with E-state index >= 15 is 13.2 Å². The Morgan fingerprint density at radius 2 is 0.783 bits per heavy atom. The van der Waals surface area contributed by atoms with Crippen molar-refractivity contribution in [2.45, 2.75) is 20.8 Å². The Morgan fingerprint density at radius 3 is 1.14 bits per heavy atom. The third-order valence-corrected chi connectivity index (χ3v) is 17.1. The van der Waals surface area contributed by atoms with Gasteiger partial charge in [-0.25, -0.2) is 43.1 Å². The molecule has 546 valence electrons. The summed E-state index contributed by atoms with van der Waals surface area (Å²) < 4.78 is 73.9. The van der Waals surface area contributed by atoms with Gasteiger partial charge in [0.05, 0.1) is 26.4 Å². The monoisotopic (exact) mass is 1440 g/mol. The van der Waals surface area contributed by atoms with Crippen LogP contribution >= 0.6 is 0 Å². The highest BCUT2D eigenvalue weighted by molar-refractivity contribution is 6.03. The summed E-state index contributed by atoms with van der Waals surface area (Å²) in [5.74, 6) is -2.66. The number of halogens is 3. The third kappa shape index (κ3) is 16.5. The second-order valence-corrected chi connectivity index (χ2v) is 25.3. The average molecular weight is 1440 g/mol. The molecule has 7 N–H and O–H groups in total. The van der Waals surface area contributed by atoms with E-state index in [1.807, 2.05) is 69.3 Å². The predicted molar refractivity (Wildman–Crippen MR) is 398 cm³/mol. The van der Waals surface area contributed by atoms with E-state index in [1.165, 1.54) is 51.9 Å². The number of aromatic nitrogens is 9. The molecule has 2 aliphatic heterocycles. The van der Waals surface area contributed by atoms with Crippen molar-refractivity contribution in [1.29, 1.82) is 0 Å². The minimum absolute atomic E-state index is 0.0335. The van der Waals surface area contributed by atoms with Crippen molar-refractivity contribution in [2.24, 2.45) is 0 Å². The van der Waals surface area contributed by atoms with Crippen LogP contribution in [0.3, 0.4) is 0 Å². The molecule has 12 aromatic rings. The molecule has 4 amide bonds. The molecule has 27 nitrogen and oxygen atoms in total. The molecule has 0 bridgehead atoms. The molecule has 8 heterocycles. The van der Waals surface area contributed by atoms with Gasteiger partial charge in [0, 0.05) is 159 Å². The number of amides is 4. The first-order valence-electron chi connectivity index (χ1n) is 33.6. The predicted octanol–water partition coefficient (Wildman–Crippen LogP) is 13.0. The minimum atomic E-state index is -0.567. The molecule has 0 radical (unpaired) electrons. The van der Waals surface area contributed by atoms with Crippen molar-refractivity contribution < 1.29 is 56.0 Å². The fraction of sp³-hybridized carbons (Fsp3) is 0.237. The number of hydrogen-bond donors (Lipinski definition) is 7. The Balaban J connectivity index is 0.000000149. The van der Waals surface area contributed by atoms with Gasteiger partial charge in [0.25, 0.3) is 23.6 Å². The van der Waals surface area contributed by atoms with Crippen LogP contribution in [0.5, 0.6) is 34.9 Å². The van der Waals surface area contributed by atoms with Gasteiger partial charge in [0.1, 0.15) is 35.7 Å². The molecule has 106 heavy (non-hydrogen) atoms. The number of rotatable bonds is 18. The van der Waals surface area contributed by atoms with E-state index in [-0.39, 0.29) is 86.8 Å². The maximum atomic E-state index is 15.2. The molecule has 14 rings (SSSR count). The highest BCUT2D eigenvalue weighted by Gasteiger charge is 2.29. The maximum absolute atomic E-state index is 15.2. The Bertz CT molecular complexity index is 5210. The topological polar surface area (TPSA) is 303 Å². The fourth-order valence-electron chi connectivity index (χ4n) is 11.7. The van der Waals surface area contributed by atoms with Gasteiger partial charge in [-0.05, 0) is 142 Å². The molecular formula is C76H77F3N18O9. The second kappa shape index (κ2) is 32.2.